The Kier molecular flexibility index (Phi) is 5.23. The van der Waals surface area contributed by atoms with Crippen molar-refractivity contribution in [2.75, 3.05) is 31.1 Å². The molecule has 0 saturated carbocycles. The topological polar surface area (TPSA) is 60.9 Å². The van der Waals surface area contributed by atoms with Crippen molar-refractivity contribution in [3.8, 4) is 22.6 Å². The van der Waals surface area contributed by atoms with Gasteiger partial charge in [-0.1, -0.05) is 60.7 Å². The SMILES string of the molecule is c1ccc(-c2nc(-c3ccccc3)c(CN3CCN(c4ncccn4)CC3)[nH]2)cc1. The summed E-state index contributed by atoms with van der Waals surface area (Å²) in [5, 5.41) is 0. The highest BCUT2D eigenvalue weighted by molar-refractivity contribution is 5.67. The summed E-state index contributed by atoms with van der Waals surface area (Å²) in [7, 11) is 0. The molecule has 0 atom stereocenters. The van der Waals surface area contributed by atoms with E-state index < -0.39 is 0 Å². The second kappa shape index (κ2) is 8.47. The van der Waals surface area contributed by atoms with Crippen LogP contribution >= 0.6 is 0 Å². The molecule has 5 rings (SSSR count). The van der Waals surface area contributed by atoms with Crippen molar-refractivity contribution in [3.63, 3.8) is 0 Å². The van der Waals surface area contributed by atoms with E-state index in [4.69, 9.17) is 4.98 Å². The number of piperazine rings is 1. The molecule has 150 valence electrons. The lowest BCUT2D eigenvalue weighted by molar-refractivity contribution is 0.246. The van der Waals surface area contributed by atoms with E-state index >= 15 is 0 Å². The Labute approximate surface area is 176 Å². The van der Waals surface area contributed by atoms with Crippen molar-refractivity contribution in [2.45, 2.75) is 6.54 Å². The van der Waals surface area contributed by atoms with E-state index in [-0.39, 0.29) is 0 Å². The number of aromatic nitrogens is 4. The summed E-state index contributed by atoms with van der Waals surface area (Å²) in [6, 6.07) is 22.6. The van der Waals surface area contributed by atoms with Gasteiger partial charge in [-0.3, -0.25) is 4.90 Å². The van der Waals surface area contributed by atoms with Crippen LogP contribution in [-0.2, 0) is 6.54 Å². The van der Waals surface area contributed by atoms with Crippen molar-refractivity contribution in [1.82, 2.24) is 24.8 Å². The van der Waals surface area contributed by atoms with E-state index in [0.717, 1.165) is 67.0 Å². The van der Waals surface area contributed by atoms with Gasteiger partial charge in [-0.05, 0) is 6.07 Å². The number of aromatic amines is 1. The molecule has 30 heavy (non-hydrogen) atoms. The first-order valence-electron chi connectivity index (χ1n) is 10.3. The number of hydrogen-bond acceptors (Lipinski definition) is 5. The van der Waals surface area contributed by atoms with Gasteiger partial charge in [0.1, 0.15) is 5.82 Å². The first-order valence-corrected chi connectivity index (χ1v) is 10.3. The predicted molar refractivity (Wildman–Crippen MR) is 119 cm³/mol. The predicted octanol–water partition coefficient (Wildman–Crippen LogP) is 3.86. The third-order valence-corrected chi connectivity index (χ3v) is 5.46. The van der Waals surface area contributed by atoms with Crippen molar-refractivity contribution >= 4 is 5.95 Å². The molecule has 6 nitrogen and oxygen atoms in total. The lowest BCUT2D eigenvalue weighted by Gasteiger charge is -2.34. The van der Waals surface area contributed by atoms with Crippen LogP contribution in [0, 0.1) is 0 Å². The lowest BCUT2D eigenvalue weighted by atomic mass is 10.1. The molecule has 1 aliphatic heterocycles. The molecular weight excluding hydrogens is 372 g/mol. The summed E-state index contributed by atoms with van der Waals surface area (Å²) in [5.41, 5.74) is 4.43. The van der Waals surface area contributed by atoms with Crippen molar-refractivity contribution < 1.29 is 0 Å². The van der Waals surface area contributed by atoms with Crippen molar-refractivity contribution in [1.29, 1.82) is 0 Å². The average molecular weight is 396 g/mol. The molecule has 0 spiro atoms. The Morgan fingerprint density at radius 3 is 2.03 bits per heavy atom. The number of rotatable bonds is 5. The number of hydrogen-bond donors (Lipinski definition) is 1. The van der Waals surface area contributed by atoms with E-state index in [1.54, 1.807) is 12.4 Å². The molecule has 0 amide bonds. The largest absolute Gasteiger partial charge is 0.340 e. The molecule has 1 fully saturated rings. The quantitative estimate of drug-likeness (QED) is 0.555. The standard InChI is InChI=1S/C24H24N6/c1-3-8-19(9-4-1)22-21(27-23(28-22)20-10-5-2-6-11-20)18-29-14-16-30(17-15-29)24-25-12-7-13-26-24/h1-13H,14-18H2,(H,27,28). The van der Waals surface area contributed by atoms with Crippen LogP contribution in [0.4, 0.5) is 5.95 Å². The van der Waals surface area contributed by atoms with Gasteiger partial charge in [-0.2, -0.15) is 0 Å². The second-order valence-electron chi connectivity index (χ2n) is 7.46. The van der Waals surface area contributed by atoms with Gasteiger partial charge in [-0.15, -0.1) is 0 Å². The Hall–Kier alpha value is -3.51. The van der Waals surface area contributed by atoms with E-state index in [0.29, 0.717) is 0 Å². The number of H-pyrrole nitrogens is 1. The van der Waals surface area contributed by atoms with Crippen LogP contribution in [0.5, 0.6) is 0 Å². The zero-order valence-corrected chi connectivity index (χ0v) is 16.8. The highest BCUT2D eigenvalue weighted by Gasteiger charge is 2.21. The number of nitrogens with one attached hydrogen (secondary N) is 1. The summed E-state index contributed by atoms with van der Waals surface area (Å²) in [6.07, 6.45) is 3.60. The van der Waals surface area contributed by atoms with Gasteiger partial charge in [0.2, 0.25) is 5.95 Å². The van der Waals surface area contributed by atoms with Gasteiger partial charge in [0.15, 0.2) is 0 Å². The molecule has 1 saturated heterocycles. The molecule has 1 N–H and O–H groups in total. The van der Waals surface area contributed by atoms with E-state index in [1.807, 2.05) is 30.3 Å². The zero-order chi connectivity index (χ0) is 20.2. The first kappa shape index (κ1) is 18.5. The van der Waals surface area contributed by atoms with Crippen molar-refractivity contribution in [2.24, 2.45) is 0 Å². The summed E-state index contributed by atoms with van der Waals surface area (Å²) in [5.74, 6) is 1.73. The molecule has 3 heterocycles. The van der Waals surface area contributed by atoms with Crippen LogP contribution in [-0.4, -0.2) is 51.0 Å². The number of nitrogens with zero attached hydrogens (tertiary/aromatic N) is 5. The highest BCUT2D eigenvalue weighted by atomic mass is 15.3. The summed E-state index contributed by atoms with van der Waals surface area (Å²) in [6.45, 7) is 4.61. The van der Waals surface area contributed by atoms with Crippen LogP contribution in [0.2, 0.25) is 0 Å². The Morgan fingerprint density at radius 1 is 0.733 bits per heavy atom. The monoisotopic (exact) mass is 396 g/mol. The molecule has 0 aliphatic carbocycles. The maximum absolute atomic E-state index is 4.97. The zero-order valence-electron chi connectivity index (χ0n) is 16.8. The van der Waals surface area contributed by atoms with Gasteiger partial charge in [-0.25, -0.2) is 15.0 Å². The third-order valence-electron chi connectivity index (χ3n) is 5.46. The van der Waals surface area contributed by atoms with Crippen LogP contribution in [0.25, 0.3) is 22.6 Å². The Bertz CT molecular complexity index is 1070. The first-order chi connectivity index (χ1) is 14.9. The van der Waals surface area contributed by atoms with Crippen LogP contribution < -0.4 is 4.90 Å². The lowest BCUT2D eigenvalue weighted by Crippen LogP contribution is -2.46. The minimum absolute atomic E-state index is 0.815. The molecule has 6 heteroatoms. The fraction of sp³-hybridized carbons (Fsp3) is 0.208. The molecule has 4 aromatic rings. The number of benzene rings is 2. The second-order valence-corrected chi connectivity index (χ2v) is 7.46. The van der Waals surface area contributed by atoms with Gasteiger partial charge >= 0.3 is 0 Å². The fourth-order valence-electron chi connectivity index (χ4n) is 3.88. The maximum atomic E-state index is 4.97. The van der Waals surface area contributed by atoms with E-state index in [1.165, 1.54) is 0 Å². The Balaban J connectivity index is 1.37. The molecule has 0 radical (unpaired) electrons. The third kappa shape index (κ3) is 3.95. The summed E-state index contributed by atoms with van der Waals surface area (Å²) in [4.78, 5) is 22.0. The molecule has 2 aromatic carbocycles. The van der Waals surface area contributed by atoms with E-state index in [2.05, 4.69) is 61.1 Å². The minimum Gasteiger partial charge on any atom is -0.340 e. The van der Waals surface area contributed by atoms with Crippen molar-refractivity contribution in [3.05, 3.63) is 84.8 Å². The molecule has 1 aliphatic rings. The molecule has 0 bridgehead atoms. The minimum atomic E-state index is 0.815. The smallest absolute Gasteiger partial charge is 0.225 e. The Morgan fingerprint density at radius 2 is 1.37 bits per heavy atom. The van der Waals surface area contributed by atoms with Gasteiger partial charge in [0.05, 0.1) is 11.4 Å². The van der Waals surface area contributed by atoms with Crippen LogP contribution in [0.1, 0.15) is 5.69 Å². The molecular formula is C24H24N6. The maximum Gasteiger partial charge on any atom is 0.225 e. The molecule has 2 aromatic heterocycles. The number of imidazole rings is 1. The van der Waals surface area contributed by atoms with E-state index in [9.17, 15) is 0 Å². The van der Waals surface area contributed by atoms with Gasteiger partial charge < -0.3 is 9.88 Å². The normalized spacial score (nSPS) is 14.7. The van der Waals surface area contributed by atoms with Gasteiger partial charge in [0, 0.05) is 56.2 Å². The number of anilines is 1. The van der Waals surface area contributed by atoms with Crippen LogP contribution in [0.15, 0.2) is 79.1 Å². The fourth-order valence-corrected chi connectivity index (χ4v) is 3.88. The summed E-state index contributed by atoms with van der Waals surface area (Å²) >= 11 is 0. The highest BCUT2D eigenvalue weighted by Crippen LogP contribution is 2.27. The summed E-state index contributed by atoms with van der Waals surface area (Å²) < 4.78 is 0. The van der Waals surface area contributed by atoms with Crippen LogP contribution in [0.3, 0.4) is 0 Å². The average Bonchev–Trinajstić information content (AvgIpc) is 3.25. The molecule has 0 unspecified atom stereocenters. The van der Waals surface area contributed by atoms with Gasteiger partial charge in [0.25, 0.3) is 0 Å².